The summed E-state index contributed by atoms with van der Waals surface area (Å²) in [4.78, 5) is 12.4. The molecule has 2 aromatic carbocycles. The molecule has 154 valence electrons. The fourth-order valence-electron chi connectivity index (χ4n) is 3.08. The number of hydrogen-bond donors (Lipinski definition) is 2. The molecule has 0 unspecified atom stereocenters. The average molecular weight is 479 g/mol. The molecule has 30 heavy (non-hydrogen) atoms. The third kappa shape index (κ3) is 3.90. The third-order valence-electron chi connectivity index (χ3n) is 4.43. The van der Waals surface area contributed by atoms with Gasteiger partial charge in [0.05, 0.1) is 28.2 Å². The summed E-state index contributed by atoms with van der Waals surface area (Å²) >= 11 is 3.46. The lowest BCUT2D eigenvalue weighted by molar-refractivity contribution is -0.137. The normalized spacial score (nSPS) is 11.6. The predicted octanol–water partition coefficient (Wildman–Crippen LogP) is 6.26. The van der Waals surface area contributed by atoms with Gasteiger partial charge in [0.15, 0.2) is 0 Å². The van der Waals surface area contributed by atoms with Gasteiger partial charge in [0.2, 0.25) is 0 Å². The minimum atomic E-state index is -4.43. The van der Waals surface area contributed by atoms with Crippen LogP contribution in [0.25, 0.3) is 22.2 Å². The van der Waals surface area contributed by atoms with Crippen LogP contribution in [0.1, 0.15) is 5.56 Å². The number of aryl methyl sites for hydroxylation is 1. The van der Waals surface area contributed by atoms with Crippen molar-refractivity contribution in [3.63, 3.8) is 0 Å². The highest BCUT2D eigenvalue weighted by molar-refractivity contribution is 9.10. The number of anilines is 2. The first kappa shape index (κ1) is 20.0. The summed E-state index contributed by atoms with van der Waals surface area (Å²) in [5.74, 6) is 0. The van der Waals surface area contributed by atoms with E-state index in [1.807, 2.05) is 0 Å². The van der Waals surface area contributed by atoms with Gasteiger partial charge in [0.1, 0.15) is 5.58 Å². The molecule has 2 N–H and O–H groups in total. The van der Waals surface area contributed by atoms with E-state index in [1.54, 1.807) is 42.4 Å². The highest BCUT2D eigenvalue weighted by atomic mass is 79.9. The smallest absolute Gasteiger partial charge is 0.416 e. The Kier molecular flexibility index (Phi) is 5.02. The lowest BCUT2D eigenvalue weighted by Crippen LogP contribution is -2.19. The van der Waals surface area contributed by atoms with Crippen LogP contribution in [0, 0.1) is 0 Å². The van der Waals surface area contributed by atoms with Gasteiger partial charge in [-0.25, -0.2) is 4.79 Å². The molecule has 0 aliphatic rings. The zero-order chi connectivity index (χ0) is 21.5. The quantitative estimate of drug-likeness (QED) is 0.365. The molecule has 0 atom stereocenters. The second-order valence-electron chi connectivity index (χ2n) is 6.48. The molecule has 0 fully saturated rings. The van der Waals surface area contributed by atoms with Crippen LogP contribution in [0.2, 0.25) is 0 Å². The number of carbonyl (C=O) groups excluding carboxylic acids is 1. The molecule has 4 aromatic rings. The Bertz CT molecular complexity index is 1210. The van der Waals surface area contributed by atoms with E-state index in [4.69, 9.17) is 4.42 Å². The average Bonchev–Trinajstić information content (AvgIpc) is 3.27. The molecule has 0 spiro atoms. The number of aromatic nitrogens is 2. The first-order valence-electron chi connectivity index (χ1n) is 8.67. The van der Waals surface area contributed by atoms with Crippen molar-refractivity contribution in [1.82, 2.24) is 9.78 Å². The van der Waals surface area contributed by atoms with Crippen molar-refractivity contribution in [2.75, 3.05) is 10.6 Å². The molecule has 0 aliphatic heterocycles. The van der Waals surface area contributed by atoms with E-state index >= 15 is 0 Å². The number of urea groups is 1. The molecule has 0 saturated heterocycles. The SMILES string of the molecule is Cn1ncc(Br)c1-c1cc(NC(=O)Nc2ccc(C(F)(F)F)cc2)cc2ccoc12. The number of nitrogens with zero attached hydrogens (tertiary/aromatic N) is 2. The van der Waals surface area contributed by atoms with Crippen LogP contribution in [0.15, 0.2) is 63.8 Å². The van der Waals surface area contributed by atoms with Crippen molar-refractivity contribution in [3.8, 4) is 11.3 Å². The fraction of sp³-hybridized carbons (Fsp3) is 0.100. The number of amides is 2. The van der Waals surface area contributed by atoms with E-state index in [2.05, 4.69) is 31.7 Å². The minimum Gasteiger partial charge on any atom is -0.464 e. The van der Waals surface area contributed by atoms with Gasteiger partial charge in [0, 0.05) is 29.4 Å². The summed E-state index contributed by atoms with van der Waals surface area (Å²) < 4.78 is 46.0. The summed E-state index contributed by atoms with van der Waals surface area (Å²) in [6.45, 7) is 0. The molecule has 0 radical (unpaired) electrons. The van der Waals surface area contributed by atoms with Gasteiger partial charge in [0.25, 0.3) is 0 Å². The van der Waals surface area contributed by atoms with E-state index in [0.717, 1.165) is 27.7 Å². The number of rotatable bonds is 3. The highest BCUT2D eigenvalue weighted by Crippen LogP contribution is 2.36. The Morgan fingerprint density at radius 3 is 2.43 bits per heavy atom. The second-order valence-corrected chi connectivity index (χ2v) is 7.34. The van der Waals surface area contributed by atoms with Crippen LogP contribution in [0.5, 0.6) is 0 Å². The van der Waals surface area contributed by atoms with E-state index in [9.17, 15) is 18.0 Å². The Labute approximate surface area is 176 Å². The molecule has 2 aromatic heterocycles. The topological polar surface area (TPSA) is 72.1 Å². The largest absolute Gasteiger partial charge is 0.464 e. The molecular weight excluding hydrogens is 465 g/mol. The molecule has 2 heterocycles. The van der Waals surface area contributed by atoms with Crippen molar-refractivity contribution in [1.29, 1.82) is 0 Å². The van der Waals surface area contributed by atoms with Gasteiger partial charge in [-0.1, -0.05) is 0 Å². The van der Waals surface area contributed by atoms with Crippen LogP contribution >= 0.6 is 15.9 Å². The number of halogens is 4. The minimum absolute atomic E-state index is 0.236. The molecule has 0 bridgehead atoms. The van der Waals surface area contributed by atoms with E-state index in [-0.39, 0.29) is 5.69 Å². The van der Waals surface area contributed by atoms with Gasteiger partial charge >= 0.3 is 12.2 Å². The first-order valence-corrected chi connectivity index (χ1v) is 9.46. The Morgan fingerprint density at radius 2 is 1.80 bits per heavy atom. The molecular formula is C20H14BrF3N4O2. The lowest BCUT2D eigenvalue weighted by atomic mass is 10.1. The predicted molar refractivity (Wildman–Crippen MR) is 110 cm³/mol. The summed E-state index contributed by atoms with van der Waals surface area (Å²) in [5, 5.41) is 10.2. The van der Waals surface area contributed by atoms with E-state index < -0.39 is 17.8 Å². The maximum absolute atomic E-state index is 12.7. The van der Waals surface area contributed by atoms with E-state index in [1.165, 1.54) is 12.1 Å². The Balaban J connectivity index is 1.59. The van der Waals surface area contributed by atoms with Gasteiger partial charge < -0.3 is 15.1 Å². The summed E-state index contributed by atoms with van der Waals surface area (Å²) in [7, 11) is 1.78. The second kappa shape index (κ2) is 7.52. The van der Waals surface area contributed by atoms with Crippen LogP contribution in [0.3, 0.4) is 0 Å². The number of nitrogens with one attached hydrogen (secondary N) is 2. The van der Waals surface area contributed by atoms with Crippen LogP contribution < -0.4 is 10.6 Å². The Hall–Kier alpha value is -3.27. The van der Waals surface area contributed by atoms with E-state index in [0.29, 0.717) is 16.8 Å². The number of carbonyl (C=O) groups is 1. The molecule has 6 nitrogen and oxygen atoms in total. The maximum Gasteiger partial charge on any atom is 0.416 e. The summed E-state index contributed by atoms with van der Waals surface area (Å²) in [6.07, 6.45) is -1.23. The number of hydrogen-bond acceptors (Lipinski definition) is 3. The summed E-state index contributed by atoms with van der Waals surface area (Å²) in [6, 6.07) is 8.85. The number of fused-ring (bicyclic) bond motifs is 1. The number of benzene rings is 2. The van der Waals surface area contributed by atoms with Crippen LogP contribution in [-0.4, -0.2) is 15.8 Å². The van der Waals surface area contributed by atoms with Crippen molar-refractivity contribution in [2.45, 2.75) is 6.18 Å². The van der Waals surface area contributed by atoms with Crippen LogP contribution in [-0.2, 0) is 13.2 Å². The monoisotopic (exact) mass is 478 g/mol. The van der Waals surface area contributed by atoms with Crippen molar-refractivity contribution in [2.24, 2.45) is 7.05 Å². The highest BCUT2D eigenvalue weighted by Gasteiger charge is 2.30. The molecule has 10 heteroatoms. The van der Waals surface area contributed by atoms with Gasteiger partial charge in [-0.05, 0) is 58.4 Å². The first-order chi connectivity index (χ1) is 14.2. The molecule has 4 rings (SSSR count). The molecule has 0 aliphatic carbocycles. The third-order valence-corrected chi connectivity index (χ3v) is 5.01. The van der Waals surface area contributed by atoms with Crippen molar-refractivity contribution >= 4 is 44.3 Å². The van der Waals surface area contributed by atoms with Gasteiger partial charge in [-0.3, -0.25) is 4.68 Å². The van der Waals surface area contributed by atoms with Gasteiger partial charge in [-0.15, -0.1) is 0 Å². The number of furan rings is 1. The maximum atomic E-state index is 12.7. The standard InChI is InChI=1S/C20H14BrF3N4O2/c1-28-17(16(21)10-25-28)15-9-14(8-11-6-7-30-18(11)15)27-19(29)26-13-4-2-12(3-5-13)20(22,23)24/h2-10H,1H3,(H2,26,27,29). The zero-order valence-electron chi connectivity index (χ0n) is 15.4. The molecule has 2 amide bonds. The van der Waals surface area contributed by atoms with Crippen molar-refractivity contribution < 1.29 is 22.4 Å². The summed E-state index contributed by atoms with van der Waals surface area (Å²) in [5.41, 5.74) is 2.05. The number of alkyl halides is 3. The molecule has 0 saturated carbocycles. The lowest BCUT2D eigenvalue weighted by Gasteiger charge is -2.11. The van der Waals surface area contributed by atoms with Crippen molar-refractivity contribution in [3.05, 3.63) is 65.0 Å². The van der Waals surface area contributed by atoms with Gasteiger partial charge in [-0.2, -0.15) is 18.3 Å². The fourth-order valence-corrected chi connectivity index (χ4v) is 3.64. The van der Waals surface area contributed by atoms with Crippen LogP contribution in [0.4, 0.5) is 29.3 Å². The Morgan fingerprint density at radius 1 is 1.10 bits per heavy atom. The zero-order valence-corrected chi connectivity index (χ0v) is 17.0.